The molecule has 3 N–H and O–H groups in total. The molecular weight excluding hydrogens is 278 g/mol. The number of likely N-dealkylation sites (N-methyl/N-ethyl adjacent to an activating group) is 1. The normalized spacial score (nSPS) is 11.3. The monoisotopic (exact) mass is 299 g/mol. The maximum absolute atomic E-state index is 12.2. The average molecular weight is 299 g/mol. The molecule has 0 radical (unpaired) electrons. The van der Waals surface area contributed by atoms with E-state index in [1.165, 1.54) is 6.07 Å². The first kappa shape index (κ1) is 16.5. The molecule has 6 nitrogen and oxygen atoms in total. The van der Waals surface area contributed by atoms with E-state index >= 15 is 0 Å². The first-order valence-corrected chi connectivity index (χ1v) is 7.93. The number of nitrogen functional groups attached to an aromatic ring is 1. The Labute approximate surface area is 120 Å². The van der Waals surface area contributed by atoms with Gasteiger partial charge in [-0.1, -0.05) is 6.07 Å². The van der Waals surface area contributed by atoms with E-state index < -0.39 is 10.0 Å². The van der Waals surface area contributed by atoms with Gasteiger partial charge in [-0.3, -0.25) is 4.79 Å². The second-order valence-corrected chi connectivity index (χ2v) is 6.15. The van der Waals surface area contributed by atoms with Gasteiger partial charge in [-0.2, -0.15) is 0 Å². The third kappa shape index (κ3) is 3.94. The van der Waals surface area contributed by atoms with Gasteiger partial charge in [0.25, 0.3) is 0 Å². The van der Waals surface area contributed by atoms with Crippen LogP contribution in [0.4, 0.5) is 5.69 Å². The topological polar surface area (TPSA) is 92.5 Å². The Hall–Kier alpha value is -1.60. The van der Waals surface area contributed by atoms with Gasteiger partial charge in [0.1, 0.15) is 0 Å². The van der Waals surface area contributed by atoms with Crippen molar-refractivity contribution in [3.63, 3.8) is 0 Å². The summed E-state index contributed by atoms with van der Waals surface area (Å²) < 4.78 is 26.7. The van der Waals surface area contributed by atoms with Crippen molar-refractivity contribution >= 4 is 21.6 Å². The minimum absolute atomic E-state index is 0.102. The Morgan fingerprint density at radius 2 is 1.90 bits per heavy atom. The van der Waals surface area contributed by atoms with Crippen molar-refractivity contribution in [3.05, 3.63) is 23.8 Å². The highest BCUT2D eigenvalue weighted by molar-refractivity contribution is 7.89. The lowest BCUT2D eigenvalue weighted by molar-refractivity contribution is -0.129. The number of carbonyl (C=O) groups is 1. The minimum atomic E-state index is -3.74. The van der Waals surface area contributed by atoms with Gasteiger partial charge in [0.2, 0.25) is 15.9 Å². The number of nitrogens with two attached hydrogens (primary N) is 1. The number of hydrogen-bond donors (Lipinski definition) is 2. The molecule has 7 heteroatoms. The number of sulfonamides is 1. The van der Waals surface area contributed by atoms with E-state index in [2.05, 4.69) is 4.72 Å². The van der Waals surface area contributed by atoms with Crippen molar-refractivity contribution in [1.82, 2.24) is 9.62 Å². The van der Waals surface area contributed by atoms with E-state index in [1.54, 1.807) is 24.0 Å². The zero-order chi connectivity index (χ0) is 15.3. The molecule has 20 heavy (non-hydrogen) atoms. The van der Waals surface area contributed by atoms with Gasteiger partial charge < -0.3 is 10.6 Å². The van der Waals surface area contributed by atoms with Crippen molar-refractivity contribution in [2.75, 3.05) is 25.4 Å². The summed E-state index contributed by atoms with van der Waals surface area (Å²) in [6.07, 6.45) is 0. The summed E-state index contributed by atoms with van der Waals surface area (Å²) in [6.45, 7) is 6.22. The molecule has 0 aromatic heterocycles. The fourth-order valence-electron chi connectivity index (χ4n) is 1.83. The van der Waals surface area contributed by atoms with Gasteiger partial charge in [-0.05, 0) is 38.5 Å². The number of aryl methyl sites for hydroxylation is 1. The Kier molecular flexibility index (Phi) is 5.52. The first-order chi connectivity index (χ1) is 9.31. The van der Waals surface area contributed by atoms with Crippen LogP contribution in [0, 0.1) is 6.92 Å². The van der Waals surface area contributed by atoms with Crippen LogP contribution in [-0.4, -0.2) is 38.9 Å². The molecule has 0 heterocycles. The molecule has 0 saturated carbocycles. The van der Waals surface area contributed by atoms with Gasteiger partial charge in [0.15, 0.2) is 0 Å². The summed E-state index contributed by atoms with van der Waals surface area (Å²) in [5.41, 5.74) is 6.56. The minimum Gasteiger partial charge on any atom is -0.399 e. The summed E-state index contributed by atoms with van der Waals surface area (Å²) in [6, 6.07) is 4.66. The fraction of sp³-hybridized carbons (Fsp3) is 0.462. The van der Waals surface area contributed by atoms with Crippen LogP contribution < -0.4 is 10.5 Å². The zero-order valence-corrected chi connectivity index (χ0v) is 12.8. The Morgan fingerprint density at radius 1 is 1.30 bits per heavy atom. The highest BCUT2D eigenvalue weighted by Crippen LogP contribution is 2.17. The van der Waals surface area contributed by atoms with Gasteiger partial charge in [0, 0.05) is 18.8 Å². The van der Waals surface area contributed by atoms with Crippen LogP contribution in [-0.2, 0) is 14.8 Å². The second kappa shape index (κ2) is 6.71. The SMILES string of the molecule is CCN(CC)C(=O)CNS(=O)(=O)c1cc(N)ccc1C. The van der Waals surface area contributed by atoms with Crippen molar-refractivity contribution in [2.45, 2.75) is 25.7 Å². The Morgan fingerprint density at radius 3 is 2.45 bits per heavy atom. The molecule has 0 atom stereocenters. The molecular formula is C13H21N3O3S. The maximum atomic E-state index is 12.2. The van der Waals surface area contributed by atoms with Crippen molar-refractivity contribution in [2.24, 2.45) is 0 Å². The summed E-state index contributed by atoms with van der Waals surface area (Å²) in [7, 11) is -3.74. The predicted octanol–water partition coefficient (Wildman–Crippen LogP) is 0.724. The molecule has 0 aliphatic carbocycles. The fourth-order valence-corrected chi connectivity index (χ4v) is 3.08. The van der Waals surface area contributed by atoms with Crippen LogP contribution in [0.2, 0.25) is 0 Å². The number of nitrogens with one attached hydrogen (secondary N) is 1. The lowest BCUT2D eigenvalue weighted by Crippen LogP contribution is -2.40. The third-order valence-electron chi connectivity index (χ3n) is 3.03. The van der Waals surface area contributed by atoms with Crippen LogP contribution in [0.1, 0.15) is 19.4 Å². The quantitative estimate of drug-likeness (QED) is 0.757. The van der Waals surface area contributed by atoms with Gasteiger partial charge >= 0.3 is 0 Å². The van der Waals surface area contributed by atoms with E-state index in [1.807, 2.05) is 13.8 Å². The molecule has 112 valence electrons. The van der Waals surface area contributed by atoms with E-state index in [0.717, 1.165) is 0 Å². The summed E-state index contributed by atoms with van der Waals surface area (Å²) in [5.74, 6) is -0.250. The number of amides is 1. The molecule has 0 spiro atoms. The lowest BCUT2D eigenvalue weighted by atomic mass is 10.2. The molecule has 1 aromatic carbocycles. The summed E-state index contributed by atoms with van der Waals surface area (Å²) in [4.78, 5) is 13.5. The smallest absolute Gasteiger partial charge is 0.241 e. The molecule has 1 aromatic rings. The number of benzene rings is 1. The molecule has 0 bridgehead atoms. The highest BCUT2D eigenvalue weighted by Gasteiger charge is 2.19. The molecule has 0 unspecified atom stereocenters. The van der Waals surface area contributed by atoms with Gasteiger partial charge in [-0.15, -0.1) is 0 Å². The highest BCUT2D eigenvalue weighted by atomic mass is 32.2. The lowest BCUT2D eigenvalue weighted by Gasteiger charge is -2.19. The third-order valence-corrected chi connectivity index (χ3v) is 4.57. The van der Waals surface area contributed by atoms with Crippen LogP contribution >= 0.6 is 0 Å². The molecule has 0 aliphatic rings. The van der Waals surface area contributed by atoms with E-state index in [4.69, 9.17) is 5.73 Å². The standard InChI is InChI=1S/C13H21N3O3S/c1-4-16(5-2)13(17)9-15-20(18,19)12-8-11(14)7-6-10(12)3/h6-8,15H,4-5,9,14H2,1-3H3. The molecule has 0 saturated heterocycles. The van der Waals surface area contributed by atoms with Crippen LogP contribution in [0.3, 0.4) is 0 Å². The zero-order valence-electron chi connectivity index (χ0n) is 12.0. The average Bonchev–Trinajstić information content (AvgIpc) is 2.40. The number of nitrogens with zero attached hydrogens (tertiary/aromatic N) is 1. The predicted molar refractivity (Wildman–Crippen MR) is 78.7 cm³/mol. The van der Waals surface area contributed by atoms with Crippen molar-refractivity contribution < 1.29 is 13.2 Å². The van der Waals surface area contributed by atoms with Crippen molar-refractivity contribution in [3.8, 4) is 0 Å². The largest absolute Gasteiger partial charge is 0.399 e. The van der Waals surface area contributed by atoms with E-state index in [0.29, 0.717) is 24.3 Å². The number of rotatable bonds is 6. The van der Waals surface area contributed by atoms with Crippen molar-refractivity contribution in [1.29, 1.82) is 0 Å². The van der Waals surface area contributed by atoms with Gasteiger partial charge in [-0.25, -0.2) is 13.1 Å². The van der Waals surface area contributed by atoms with E-state index in [-0.39, 0.29) is 17.3 Å². The summed E-state index contributed by atoms with van der Waals surface area (Å²) in [5, 5.41) is 0. The van der Waals surface area contributed by atoms with Crippen LogP contribution in [0.5, 0.6) is 0 Å². The number of anilines is 1. The first-order valence-electron chi connectivity index (χ1n) is 6.45. The number of hydrogen-bond acceptors (Lipinski definition) is 4. The Balaban J connectivity index is 2.86. The van der Waals surface area contributed by atoms with Gasteiger partial charge in [0.05, 0.1) is 11.4 Å². The Bertz CT molecular complexity index is 581. The van der Waals surface area contributed by atoms with Crippen LogP contribution in [0.15, 0.2) is 23.1 Å². The second-order valence-electron chi connectivity index (χ2n) is 4.42. The molecule has 0 aliphatic heterocycles. The maximum Gasteiger partial charge on any atom is 0.241 e. The molecule has 1 rings (SSSR count). The molecule has 1 amide bonds. The van der Waals surface area contributed by atoms with E-state index in [9.17, 15) is 13.2 Å². The number of carbonyl (C=O) groups excluding carboxylic acids is 1. The molecule has 0 fully saturated rings. The summed E-state index contributed by atoms with van der Waals surface area (Å²) >= 11 is 0. The van der Waals surface area contributed by atoms with Crippen LogP contribution in [0.25, 0.3) is 0 Å².